The van der Waals surface area contributed by atoms with E-state index in [4.69, 9.17) is 19.2 Å². The molecule has 32 heavy (non-hydrogen) atoms. The zero-order valence-electron chi connectivity index (χ0n) is 18.5. The highest BCUT2D eigenvalue weighted by Gasteiger charge is 2.47. The molecule has 0 saturated heterocycles. The molecule has 1 aliphatic heterocycles. The van der Waals surface area contributed by atoms with Crippen molar-refractivity contribution in [2.75, 3.05) is 38.4 Å². The molecule has 0 bridgehead atoms. The maximum atomic E-state index is 13.6. The van der Waals surface area contributed by atoms with Gasteiger partial charge in [0.2, 0.25) is 11.9 Å². The molecule has 8 nitrogen and oxygen atoms in total. The summed E-state index contributed by atoms with van der Waals surface area (Å²) in [5.74, 6) is -0.726. The van der Waals surface area contributed by atoms with Gasteiger partial charge in [0.1, 0.15) is 5.75 Å². The largest absolute Gasteiger partial charge is 0.494 e. The number of rotatable bonds is 8. The summed E-state index contributed by atoms with van der Waals surface area (Å²) in [4.78, 5) is 33.0. The molecule has 2 atom stereocenters. The van der Waals surface area contributed by atoms with E-state index in [1.807, 2.05) is 60.0 Å². The number of aromatic nitrogens is 2. The summed E-state index contributed by atoms with van der Waals surface area (Å²) in [7, 11) is 1.57. The summed E-state index contributed by atoms with van der Waals surface area (Å²) in [6.45, 7) is 5.00. The first-order valence-corrected chi connectivity index (χ1v) is 10.8. The van der Waals surface area contributed by atoms with Gasteiger partial charge in [-0.15, -0.1) is 0 Å². The van der Waals surface area contributed by atoms with Gasteiger partial charge < -0.3 is 18.8 Å². The summed E-state index contributed by atoms with van der Waals surface area (Å²) in [5, 5.41) is 0. The lowest BCUT2D eigenvalue weighted by Crippen LogP contribution is -2.51. The van der Waals surface area contributed by atoms with Crippen molar-refractivity contribution in [2.24, 2.45) is 5.92 Å². The molecule has 0 fully saturated rings. The molecule has 0 N–H and O–H groups in total. The first kappa shape index (κ1) is 21.8. The molecule has 0 radical (unpaired) electrons. The van der Waals surface area contributed by atoms with Crippen LogP contribution in [0.25, 0.3) is 11.0 Å². The maximum Gasteiger partial charge on any atom is 0.321 e. The van der Waals surface area contributed by atoms with E-state index in [-0.39, 0.29) is 19.1 Å². The fourth-order valence-corrected chi connectivity index (χ4v) is 4.17. The van der Waals surface area contributed by atoms with Crippen LogP contribution in [0.4, 0.5) is 5.95 Å². The fourth-order valence-electron chi connectivity index (χ4n) is 4.17. The Balaban J connectivity index is 1.92. The molecule has 3 aromatic rings. The molecule has 168 valence electrons. The standard InChI is InChI=1S/C24H27N3O5/c1-4-31-17-12-10-16(11-13-17)21-20(23(29)32-5-2)22(28)26(14-15-30-3)24-25-18-8-6-7-9-19(18)27(21)24/h6-13,20-21H,4-5,14-15H2,1-3H3/t20-,21+/m0/s1. The van der Waals surface area contributed by atoms with Crippen molar-refractivity contribution in [1.82, 2.24) is 9.55 Å². The lowest BCUT2D eigenvalue weighted by atomic mass is 9.89. The number of carbonyl (C=O) groups excluding carboxylic acids is 2. The normalized spacial score (nSPS) is 18.0. The molecule has 1 aromatic heterocycles. The van der Waals surface area contributed by atoms with E-state index in [0.717, 1.165) is 22.3 Å². The number of anilines is 1. The number of ether oxygens (including phenoxy) is 3. The number of hydrogen-bond acceptors (Lipinski definition) is 6. The molecular weight excluding hydrogens is 410 g/mol. The molecule has 4 rings (SSSR count). The van der Waals surface area contributed by atoms with Crippen LogP contribution < -0.4 is 9.64 Å². The maximum absolute atomic E-state index is 13.6. The van der Waals surface area contributed by atoms with Crippen LogP contribution in [-0.2, 0) is 19.1 Å². The quantitative estimate of drug-likeness (QED) is 0.398. The Labute approximate surface area is 186 Å². The third-order valence-corrected chi connectivity index (χ3v) is 5.54. The average molecular weight is 437 g/mol. The van der Waals surface area contributed by atoms with Crippen molar-refractivity contribution in [3.63, 3.8) is 0 Å². The summed E-state index contributed by atoms with van der Waals surface area (Å²) in [5.41, 5.74) is 2.39. The monoisotopic (exact) mass is 437 g/mol. The minimum atomic E-state index is -1.05. The first-order valence-electron chi connectivity index (χ1n) is 10.8. The van der Waals surface area contributed by atoms with Crippen LogP contribution in [0.1, 0.15) is 25.5 Å². The SMILES string of the molecule is CCOC(=O)[C@@H]1C(=O)N(CCOC)c2nc3ccccc3n2[C@@H]1c1ccc(OCC)cc1. The number of carbonyl (C=O) groups is 2. The third-order valence-electron chi connectivity index (χ3n) is 5.54. The second kappa shape index (κ2) is 9.40. The van der Waals surface area contributed by atoms with E-state index >= 15 is 0 Å². The average Bonchev–Trinajstić information content (AvgIpc) is 3.18. The van der Waals surface area contributed by atoms with Crippen LogP contribution in [0.2, 0.25) is 0 Å². The Morgan fingerprint density at radius 2 is 1.81 bits per heavy atom. The summed E-state index contributed by atoms with van der Waals surface area (Å²) in [6, 6.07) is 14.5. The minimum absolute atomic E-state index is 0.189. The highest BCUT2D eigenvalue weighted by molar-refractivity contribution is 6.08. The molecular formula is C24H27N3O5. The Morgan fingerprint density at radius 3 is 2.50 bits per heavy atom. The van der Waals surface area contributed by atoms with Crippen LogP contribution >= 0.6 is 0 Å². The van der Waals surface area contributed by atoms with E-state index in [1.54, 1.807) is 14.0 Å². The van der Waals surface area contributed by atoms with E-state index in [2.05, 4.69) is 0 Å². The summed E-state index contributed by atoms with van der Waals surface area (Å²) < 4.78 is 18.1. The van der Waals surface area contributed by atoms with Gasteiger partial charge in [0, 0.05) is 7.11 Å². The molecule has 0 saturated carbocycles. The molecule has 1 amide bonds. The number of para-hydroxylation sites is 2. The predicted octanol–water partition coefficient (Wildman–Crippen LogP) is 3.20. The van der Waals surface area contributed by atoms with Gasteiger partial charge >= 0.3 is 5.97 Å². The van der Waals surface area contributed by atoms with Gasteiger partial charge in [-0.25, -0.2) is 4.98 Å². The minimum Gasteiger partial charge on any atom is -0.494 e. The lowest BCUT2D eigenvalue weighted by molar-refractivity contribution is -0.153. The molecule has 0 aliphatic carbocycles. The van der Waals surface area contributed by atoms with Crippen molar-refractivity contribution in [2.45, 2.75) is 19.9 Å². The van der Waals surface area contributed by atoms with Crippen LogP contribution in [-0.4, -0.2) is 54.9 Å². The van der Waals surface area contributed by atoms with Gasteiger partial charge in [-0.1, -0.05) is 24.3 Å². The second-order valence-corrected chi connectivity index (χ2v) is 7.43. The molecule has 2 heterocycles. The van der Waals surface area contributed by atoms with Crippen molar-refractivity contribution < 1.29 is 23.8 Å². The van der Waals surface area contributed by atoms with E-state index < -0.39 is 17.9 Å². The van der Waals surface area contributed by atoms with Crippen molar-refractivity contribution >= 4 is 28.9 Å². The van der Waals surface area contributed by atoms with Crippen LogP contribution in [0.15, 0.2) is 48.5 Å². The van der Waals surface area contributed by atoms with Crippen molar-refractivity contribution in [3.05, 3.63) is 54.1 Å². The molecule has 0 unspecified atom stereocenters. The van der Waals surface area contributed by atoms with E-state index in [1.165, 1.54) is 4.90 Å². The Morgan fingerprint density at radius 1 is 1.06 bits per heavy atom. The number of nitrogens with zero attached hydrogens (tertiary/aromatic N) is 3. The molecule has 1 aliphatic rings. The second-order valence-electron chi connectivity index (χ2n) is 7.43. The number of esters is 1. The molecule has 8 heteroatoms. The van der Waals surface area contributed by atoms with Gasteiger partial charge in [-0.05, 0) is 43.7 Å². The van der Waals surface area contributed by atoms with Crippen molar-refractivity contribution in [3.8, 4) is 5.75 Å². The van der Waals surface area contributed by atoms with Crippen LogP contribution in [0.5, 0.6) is 5.75 Å². The first-order chi connectivity index (χ1) is 15.6. The highest BCUT2D eigenvalue weighted by atomic mass is 16.5. The number of hydrogen-bond donors (Lipinski definition) is 0. The highest BCUT2D eigenvalue weighted by Crippen LogP contribution is 2.41. The van der Waals surface area contributed by atoms with Crippen LogP contribution in [0, 0.1) is 5.92 Å². The van der Waals surface area contributed by atoms with Gasteiger partial charge in [-0.2, -0.15) is 0 Å². The zero-order chi connectivity index (χ0) is 22.7. The topological polar surface area (TPSA) is 82.9 Å². The Bertz CT molecular complexity index is 1110. The van der Waals surface area contributed by atoms with Gasteiger partial charge in [0.15, 0.2) is 5.92 Å². The zero-order valence-corrected chi connectivity index (χ0v) is 18.5. The molecule has 0 spiro atoms. The number of amides is 1. The smallest absolute Gasteiger partial charge is 0.321 e. The number of fused-ring (bicyclic) bond motifs is 3. The number of imidazole rings is 1. The predicted molar refractivity (Wildman–Crippen MR) is 120 cm³/mol. The third kappa shape index (κ3) is 3.82. The number of methoxy groups -OCH3 is 1. The van der Waals surface area contributed by atoms with Crippen molar-refractivity contribution in [1.29, 1.82) is 0 Å². The fraction of sp³-hybridized carbons (Fsp3) is 0.375. The summed E-state index contributed by atoms with van der Waals surface area (Å²) in [6.07, 6.45) is 0. The van der Waals surface area contributed by atoms with Gasteiger partial charge in [0.05, 0.1) is 43.4 Å². The number of benzene rings is 2. The molecule has 2 aromatic carbocycles. The van der Waals surface area contributed by atoms with E-state index in [0.29, 0.717) is 19.2 Å². The summed E-state index contributed by atoms with van der Waals surface area (Å²) >= 11 is 0. The Hall–Kier alpha value is -3.39. The van der Waals surface area contributed by atoms with E-state index in [9.17, 15) is 9.59 Å². The van der Waals surface area contributed by atoms with Gasteiger partial charge in [-0.3, -0.25) is 14.5 Å². The van der Waals surface area contributed by atoms with Crippen LogP contribution in [0.3, 0.4) is 0 Å². The van der Waals surface area contributed by atoms with Gasteiger partial charge in [0.25, 0.3) is 0 Å². The lowest BCUT2D eigenvalue weighted by Gasteiger charge is -2.37. The Kier molecular flexibility index (Phi) is 6.41.